The van der Waals surface area contributed by atoms with E-state index in [9.17, 15) is 13.6 Å². The van der Waals surface area contributed by atoms with Crippen LogP contribution in [-0.2, 0) is 4.79 Å². The summed E-state index contributed by atoms with van der Waals surface area (Å²) in [5.74, 6) is -1.71. The summed E-state index contributed by atoms with van der Waals surface area (Å²) in [7, 11) is 0. The quantitative estimate of drug-likeness (QED) is 0.647. The largest absolute Gasteiger partial charge is 0.323 e. The number of carbonyl (C=O) groups is 1. The van der Waals surface area contributed by atoms with Gasteiger partial charge in [0.15, 0.2) is 0 Å². The number of nitrogens with one attached hydrogen (secondary N) is 1. The molecule has 0 saturated heterocycles. The van der Waals surface area contributed by atoms with Gasteiger partial charge < -0.3 is 5.32 Å². The fourth-order valence-electron chi connectivity index (χ4n) is 1.01. The van der Waals surface area contributed by atoms with Crippen LogP contribution in [0.5, 0.6) is 0 Å². The Hall–Kier alpha value is -0.490. The zero-order valence-electron chi connectivity index (χ0n) is 8.36. The van der Waals surface area contributed by atoms with Crippen LogP contribution in [0.2, 0.25) is 0 Å². The van der Waals surface area contributed by atoms with Crippen molar-refractivity contribution in [3.8, 4) is 0 Å². The summed E-state index contributed by atoms with van der Waals surface area (Å²) < 4.78 is 26.5. The molecule has 1 aromatic carbocycles. The Balaban J connectivity index is 2.90. The van der Waals surface area contributed by atoms with Crippen molar-refractivity contribution in [2.45, 2.75) is 18.2 Å². The lowest BCUT2D eigenvalue weighted by molar-refractivity contribution is -0.115. The maximum absolute atomic E-state index is 13.3. The first-order valence-corrected chi connectivity index (χ1v) is 6.26. The number of alkyl halides is 1. The van der Waals surface area contributed by atoms with Crippen LogP contribution >= 0.6 is 31.9 Å². The van der Waals surface area contributed by atoms with Gasteiger partial charge in [-0.25, -0.2) is 8.78 Å². The van der Waals surface area contributed by atoms with E-state index in [1.807, 2.05) is 0 Å². The monoisotopic (exact) mass is 355 g/mol. The first-order chi connectivity index (χ1) is 7.45. The number of hydrogen-bond donors (Lipinski definition) is 1. The van der Waals surface area contributed by atoms with Gasteiger partial charge in [0.1, 0.15) is 11.6 Å². The Bertz CT molecular complexity index is 412. The Morgan fingerprint density at radius 2 is 2.06 bits per heavy atom. The molecule has 1 N–H and O–H groups in total. The highest BCUT2D eigenvalue weighted by molar-refractivity contribution is 9.10. The van der Waals surface area contributed by atoms with Gasteiger partial charge in [-0.15, -0.1) is 0 Å². The molecule has 1 rings (SSSR count). The lowest BCUT2D eigenvalue weighted by Crippen LogP contribution is -2.22. The zero-order valence-corrected chi connectivity index (χ0v) is 11.5. The first kappa shape index (κ1) is 13.6. The molecule has 0 aliphatic rings. The van der Waals surface area contributed by atoms with Crippen LogP contribution in [0.1, 0.15) is 13.3 Å². The SMILES string of the molecule is CCC(Br)C(=O)Nc1cc(F)c(Br)cc1F. The molecule has 1 aromatic rings. The van der Waals surface area contributed by atoms with Crippen molar-refractivity contribution < 1.29 is 13.6 Å². The smallest absolute Gasteiger partial charge is 0.238 e. The Morgan fingerprint density at radius 1 is 1.44 bits per heavy atom. The van der Waals surface area contributed by atoms with E-state index in [0.29, 0.717) is 6.42 Å². The molecule has 0 spiro atoms. The molecule has 0 saturated carbocycles. The second-order valence-corrected chi connectivity index (χ2v) is 5.07. The lowest BCUT2D eigenvalue weighted by Gasteiger charge is -2.10. The van der Waals surface area contributed by atoms with Crippen molar-refractivity contribution in [1.82, 2.24) is 0 Å². The highest BCUT2D eigenvalue weighted by Crippen LogP contribution is 2.23. The third-order valence-electron chi connectivity index (χ3n) is 1.91. The summed E-state index contributed by atoms with van der Waals surface area (Å²) in [5.41, 5.74) is -0.163. The summed E-state index contributed by atoms with van der Waals surface area (Å²) in [6, 6.07) is 1.91. The highest BCUT2D eigenvalue weighted by Gasteiger charge is 2.15. The molecular formula is C10H9Br2F2NO. The Kier molecular flexibility index (Phi) is 4.86. The van der Waals surface area contributed by atoms with Crippen LogP contribution in [0.3, 0.4) is 0 Å². The number of benzene rings is 1. The van der Waals surface area contributed by atoms with Crippen molar-refractivity contribution in [2.75, 3.05) is 5.32 Å². The van der Waals surface area contributed by atoms with Gasteiger partial charge in [-0.3, -0.25) is 4.79 Å². The average Bonchev–Trinajstić information content (AvgIpc) is 2.24. The van der Waals surface area contributed by atoms with Crippen LogP contribution < -0.4 is 5.32 Å². The fourth-order valence-corrected chi connectivity index (χ4v) is 1.44. The van der Waals surface area contributed by atoms with Gasteiger partial charge >= 0.3 is 0 Å². The fraction of sp³-hybridized carbons (Fsp3) is 0.300. The van der Waals surface area contributed by atoms with Crippen LogP contribution in [-0.4, -0.2) is 10.7 Å². The molecule has 0 bridgehead atoms. The molecule has 88 valence electrons. The van der Waals surface area contributed by atoms with Crippen LogP contribution in [0.25, 0.3) is 0 Å². The molecule has 0 aromatic heterocycles. The summed E-state index contributed by atoms with van der Waals surface area (Å²) in [6.45, 7) is 1.80. The molecule has 0 aliphatic heterocycles. The number of anilines is 1. The van der Waals surface area contributed by atoms with Gasteiger partial charge in [-0.05, 0) is 28.4 Å². The summed E-state index contributed by atoms with van der Waals surface area (Å²) in [6.07, 6.45) is 0.562. The number of carbonyl (C=O) groups excluding carboxylic acids is 1. The third-order valence-corrected chi connectivity index (χ3v) is 3.58. The topological polar surface area (TPSA) is 29.1 Å². The van der Waals surface area contributed by atoms with Crippen LogP contribution in [0.15, 0.2) is 16.6 Å². The molecule has 16 heavy (non-hydrogen) atoms. The van der Waals surface area contributed by atoms with E-state index in [1.54, 1.807) is 6.92 Å². The molecule has 1 atom stereocenters. The van der Waals surface area contributed by atoms with E-state index in [2.05, 4.69) is 37.2 Å². The zero-order chi connectivity index (χ0) is 12.3. The molecule has 6 heteroatoms. The van der Waals surface area contributed by atoms with Crippen molar-refractivity contribution in [2.24, 2.45) is 0 Å². The molecular weight excluding hydrogens is 348 g/mol. The molecule has 0 aliphatic carbocycles. The molecule has 2 nitrogen and oxygen atoms in total. The second-order valence-electron chi connectivity index (χ2n) is 3.11. The van der Waals surface area contributed by atoms with Crippen molar-refractivity contribution >= 4 is 43.5 Å². The van der Waals surface area contributed by atoms with Crippen LogP contribution in [0, 0.1) is 11.6 Å². The number of hydrogen-bond acceptors (Lipinski definition) is 1. The number of rotatable bonds is 3. The van der Waals surface area contributed by atoms with E-state index >= 15 is 0 Å². The van der Waals surface area contributed by atoms with Gasteiger partial charge in [0.2, 0.25) is 5.91 Å². The predicted molar refractivity (Wildman–Crippen MR) is 65.7 cm³/mol. The first-order valence-electron chi connectivity index (χ1n) is 4.55. The van der Waals surface area contributed by atoms with Gasteiger partial charge in [-0.2, -0.15) is 0 Å². The summed E-state index contributed by atoms with van der Waals surface area (Å²) in [4.78, 5) is 11.0. The van der Waals surface area contributed by atoms with Crippen molar-refractivity contribution in [3.05, 3.63) is 28.2 Å². The maximum atomic E-state index is 13.3. The minimum absolute atomic E-state index is 0.0221. The summed E-state index contributed by atoms with van der Waals surface area (Å²) in [5, 5.41) is 2.31. The molecule has 0 heterocycles. The highest BCUT2D eigenvalue weighted by atomic mass is 79.9. The van der Waals surface area contributed by atoms with Crippen LogP contribution in [0.4, 0.5) is 14.5 Å². The second kappa shape index (κ2) is 5.72. The molecule has 0 fully saturated rings. The Morgan fingerprint density at radius 3 is 2.62 bits per heavy atom. The molecule has 1 amide bonds. The Labute approximate surface area is 109 Å². The third kappa shape index (κ3) is 3.25. The van der Waals surface area contributed by atoms with Crippen molar-refractivity contribution in [1.29, 1.82) is 0 Å². The minimum Gasteiger partial charge on any atom is -0.323 e. The van der Waals surface area contributed by atoms with Gasteiger partial charge in [0.25, 0.3) is 0 Å². The van der Waals surface area contributed by atoms with Gasteiger partial charge in [0.05, 0.1) is 15.0 Å². The van der Waals surface area contributed by atoms with E-state index in [-0.39, 0.29) is 10.2 Å². The van der Waals surface area contributed by atoms with E-state index in [0.717, 1.165) is 12.1 Å². The molecule has 1 unspecified atom stereocenters. The standard InChI is InChI=1S/C10H9Br2F2NO/c1-2-5(11)10(16)15-9-4-7(13)6(12)3-8(9)14/h3-5H,2H2,1H3,(H,15,16). The lowest BCUT2D eigenvalue weighted by atomic mass is 10.2. The van der Waals surface area contributed by atoms with Crippen molar-refractivity contribution in [3.63, 3.8) is 0 Å². The molecule has 0 radical (unpaired) electrons. The van der Waals surface area contributed by atoms with E-state index in [4.69, 9.17) is 0 Å². The number of halogens is 4. The predicted octanol–water partition coefficient (Wildman–Crippen LogP) is 3.84. The van der Waals surface area contributed by atoms with E-state index in [1.165, 1.54) is 0 Å². The minimum atomic E-state index is -0.683. The van der Waals surface area contributed by atoms with Gasteiger partial charge in [0, 0.05) is 6.07 Å². The average molecular weight is 357 g/mol. The maximum Gasteiger partial charge on any atom is 0.238 e. The summed E-state index contributed by atoms with van der Waals surface area (Å²) >= 11 is 5.97. The van der Waals surface area contributed by atoms with Gasteiger partial charge in [-0.1, -0.05) is 22.9 Å². The normalized spacial score (nSPS) is 12.3. The van der Waals surface area contributed by atoms with E-state index < -0.39 is 22.4 Å². The number of amides is 1.